The topological polar surface area (TPSA) is 111 Å². The fourth-order valence-corrected chi connectivity index (χ4v) is 1.98. The second kappa shape index (κ2) is 7.10. The lowest BCUT2D eigenvalue weighted by molar-refractivity contribution is 0.482. The van der Waals surface area contributed by atoms with E-state index in [1.807, 2.05) is 54.6 Å². The van der Waals surface area contributed by atoms with Gasteiger partial charge in [-0.2, -0.15) is 15.1 Å². The van der Waals surface area contributed by atoms with Gasteiger partial charge in [0.1, 0.15) is 23.1 Å². The van der Waals surface area contributed by atoms with Crippen LogP contribution >= 0.6 is 0 Å². The second-order valence-electron chi connectivity index (χ2n) is 4.90. The Labute approximate surface area is 139 Å². The van der Waals surface area contributed by atoms with Gasteiger partial charge in [0.15, 0.2) is 0 Å². The van der Waals surface area contributed by atoms with E-state index >= 15 is 0 Å². The normalized spacial score (nSPS) is 10.7. The first-order valence-electron chi connectivity index (χ1n) is 7.21. The predicted octanol–water partition coefficient (Wildman–Crippen LogP) is 2.88. The van der Waals surface area contributed by atoms with Crippen molar-refractivity contribution in [3.8, 4) is 11.5 Å². The van der Waals surface area contributed by atoms with Gasteiger partial charge < -0.3 is 16.2 Å². The highest BCUT2D eigenvalue weighted by molar-refractivity contribution is 5.80. The number of aromatic nitrogens is 2. The van der Waals surface area contributed by atoms with E-state index in [0.717, 1.165) is 17.1 Å². The van der Waals surface area contributed by atoms with E-state index in [1.165, 1.54) is 6.07 Å². The highest BCUT2D eigenvalue weighted by Gasteiger charge is 1.99. The Bertz CT molecular complexity index is 830. The first-order chi connectivity index (χ1) is 11.7. The Hall–Kier alpha value is -3.61. The van der Waals surface area contributed by atoms with Crippen LogP contribution < -0.4 is 21.6 Å². The minimum absolute atomic E-state index is 0.237. The number of rotatable bonds is 5. The molecule has 3 aromatic rings. The summed E-state index contributed by atoms with van der Waals surface area (Å²) in [6.07, 6.45) is 1.63. The lowest BCUT2D eigenvalue weighted by Gasteiger charge is -2.05. The van der Waals surface area contributed by atoms with Crippen LogP contribution in [0.3, 0.4) is 0 Å². The van der Waals surface area contributed by atoms with Gasteiger partial charge in [-0.15, -0.1) is 0 Å². The predicted molar refractivity (Wildman–Crippen MR) is 95.0 cm³/mol. The van der Waals surface area contributed by atoms with Crippen LogP contribution in [-0.2, 0) is 0 Å². The van der Waals surface area contributed by atoms with E-state index in [9.17, 15) is 0 Å². The van der Waals surface area contributed by atoms with Crippen molar-refractivity contribution in [1.82, 2.24) is 9.97 Å². The Balaban J connectivity index is 1.68. The van der Waals surface area contributed by atoms with E-state index in [2.05, 4.69) is 20.5 Å². The number of nitrogen functional groups attached to an aromatic ring is 2. The van der Waals surface area contributed by atoms with Crippen molar-refractivity contribution >= 4 is 23.8 Å². The van der Waals surface area contributed by atoms with Gasteiger partial charge in [0, 0.05) is 6.07 Å². The molecule has 0 aliphatic rings. The molecular formula is C17H16N6O. The smallest absolute Gasteiger partial charge is 0.247 e. The molecule has 0 unspecified atom stereocenters. The number of nitrogens with two attached hydrogens (primary N) is 2. The van der Waals surface area contributed by atoms with Crippen molar-refractivity contribution in [2.24, 2.45) is 5.10 Å². The van der Waals surface area contributed by atoms with Crippen molar-refractivity contribution < 1.29 is 4.74 Å². The van der Waals surface area contributed by atoms with Crippen molar-refractivity contribution in [3.05, 3.63) is 66.2 Å². The van der Waals surface area contributed by atoms with E-state index in [1.54, 1.807) is 6.21 Å². The zero-order valence-electron chi connectivity index (χ0n) is 12.8. The minimum Gasteiger partial charge on any atom is -0.457 e. The summed E-state index contributed by atoms with van der Waals surface area (Å²) >= 11 is 0. The lowest BCUT2D eigenvalue weighted by atomic mass is 10.2. The van der Waals surface area contributed by atoms with Crippen molar-refractivity contribution in [2.75, 3.05) is 16.9 Å². The van der Waals surface area contributed by atoms with E-state index < -0.39 is 0 Å². The van der Waals surface area contributed by atoms with Crippen molar-refractivity contribution in [1.29, 1.82) is 0 Å². The van der Waals surface area contributed by atoms with E-state index in [0.29, 0.717) is 0 Å². The third-order valence-electron chi connectivity index (χ3n) is 2.98. The van der Waals surface area contributed by atoms with Crippen molar-refractivity contribution in [3.63, 3.8) is 0 Å². The highest BCUT2D eigenvalue weighted by atomic mass is 16.5. The monoisotopic (exact) mass is 320 g/mol. The molecule has 1 aromatic heterocycles. The molecule has 7 heteroatoms. The summed E-state index contributed by atoms with van der Waals surface area (Å²) in [5.74, 6) is 2.28. The average Bonchev–Trinajstić information content (AvgIpc) is 2.55. The molecule has 0 aliphatic carbocycles. The Morgan fingerprint density at radius 3 is 2.33 bits per heavy atom. The molecule has 5 N–H and O–H groups in total. The van der Waals surface area contributed by atoms with Gasteiger partial charge in [-0.3, -0.25) is 0 Å². The van der Waals surface area contributed by atoms with Crippen LogP contribution in [0, 0.1) is 0 Å². The number of anilines is 3. The maximum absolute atomic E-state index is 5.78. The fraction of sp³-hybridized carbons (Fsp3) is 0. The molecule has 0 atom stereocenters. The zero-order chi connectivity index (χ0) is 16.8. The molecule has 0 bridgehead atoms. The maximum Gasteiger partial charge on any atom is 0.247 e. The van der Waals surface area contributed by atoms with Crippen LogP contribution in [-0.4, -0.2) is 16.2 Å². The maximum atomic E-state index is 5.78. The summed E-state index contributed by atoms with van der Waals surface area (Å²) in [7, 11) is 0. The highest BCUT2D eigenvalue weighted by Crippen LogP contribution is 2.21. The van der Waals surface area contributed by atoms with Crippen molar-refractivity contribution in [2.45, 2.75) is 0 Å². The summed E-state index contributed by atoms with van der Waals surface area (Å²) in [6.45, 7) is 0. The molecule has 0 saturated carbocycles. The van der Waals surface area contributed by atoms with E-state index in [-0.39, 0.29) is 17.6 Å². The Morgan fingerprint density at radius 2 is 1.58 bits per heavy atom. The molecule has 0 spiro atoms. The number of nitrogens with zero attached hydrogens (tertiary/aromatic N) is 3. The third-order valence-corrected chi connectivity index (χ3v) is 2.98. The molecule has 0 radical (unpaired) electrons. The summed E-state index contributed by atoms with van der Waals surface area (Å²) in [5, 5.41) is 4.08. The summed E-state index contributed by atoms with van der Waals surface area (Å²) in [4.78, 5) is 7.95. The van der Waals surface area contributed by atoms with Gasteiger partial charge in [-0.25, -0.2) is 5.43 Å². The molecule has 7 nitrogen and oxygen atoms in total. The number of ether oxygens (including phenoxy) is 1. The fourth-order valence-electron chi connectivity index (χ4n) is 1.98. The first kappa shape index (κ1) is 15.3. The first-order valence-corrected chi connectivity index (χ1v) is 7.21. The van der Waals surface area contributed by atoms with Gasteiger partial charge in [0.05, 0.1) is 6.21 Å². The number of hydrazone groups is 1. The molecule has 3 rings (SSSR count). The summed E-state index contributed by atoms with van der Waals surface area (Å²) in [5.41, 5.74) is 14.7. The van der Waals surface area contributed by atoms with Crippen LogP contribution in [0.1, 0.15) is 5.56 Å². The van der Waals surface area contributed by atoms with Crippen LogP contribution in [0.5, 0.6) is 11.5 Å². The third kappa shape index (κ3) is 4.20. The van der Waals surface area contributed by atoms with Crippen LogP contribution in [0.4, 0.5) is 17.6 Å². The SMILES string of the molecule is Nc1cc(N)nc(NN=Cc2cccc(Oc3ccccc3)c2)n1. The number of hydrogen-bond donors (Lipinski definition) is 3. The molecule has 24 heavy (non-hydrogen) atoms. The summed E-state index contributed by atoms with van der Waals surface area (Å²) < 4.78 is 5.78. The molecule has 0 saturated heterocycles. The molecular weight excluding hydrogens is 304 g/mol. The molecule has 120 valence electrons. The number of nitrogens with one attached hydrogen (secondary N) is 1. The van der Waals surface area contributed by atoms with Gasteiger partial charge in [-0.1, -0.05) is 30.3 Å². The lowest BCUT2D eigenvalue weighted by Crippen LogP contribution is -2.03. The van der Waals surface area contributed by atoms with Gasteiger partial charge >= 0.3 is 0 Å². The number of para-hydroxylation sites is 1. The zero-order valence-corrected chi connectivity index (χ0v) is 12.8. The Morgan fingerprint density at radius 1 is 0.875 bits per heavy atom. The number of benzene rings is 2. The Kier molecular flexibility index (Phi) is 4.52. The quantitative estimate of drug-likeness (QED) is 0.492. The molecule has 1 heterocycles. The van der Waals surface area contributed by atoms with Gasteiger partial charge in [-0.05, 0) is 29.8 Å². The van der Waals surface area contributed by atoms with Crippen LogP contribution in [0.15, 0.2) is 65.8 Å². The molecule has 0 fully saturated rings. The van der Waals surface area contributed by atoms with Gasteiger partial charge in [0.25, 0.3) is 0 Å². The van der Waals surface area contributed by atoms with Gasteiger partial charge in [0.2, 0.25) is 5.95 Å². The largest absolute Gasteiger partial charge is 0.457 e. The second-order valence-corrected chi connectivity index (χ2v) is 4.90. The summed E-state index contributed by atoms with van der Waals surface area (Å²) in [6, 6.07) is 18.6. The van der Waals surface area contributed by atoms with Crippen LogP contribution in [0.2, 0.25) is 0 Å². The number of hydrogen-bond acceptors (Lipinski definition) is 7. The van der Waals surface area contributed by atoms with Crippen LogP contribution in [0.25, 0.3) is 0 Å². The average molecular weight is 320 g/mol. The molecule has 0 aliphatic heterocycles. The minimum atomic E-state index is 0.237. The van der Waals surface area contributed by atoms with E-state index in [4.69, 9.17) is 16.2 Å². The molecule has 2 aromatic carbocycles. The molecule has 0 amide bonds. The standard InChI is InChI=1S/C17H16N6O/c18-15-10-16(19)22-17(21-15)23-20-11-12-5-4-8-14(9-12)24-13-6-2-1-3-7-13/h1-11H,(H5,18,19,21,22,23).